The first-order valence-corrected chi connectivity index (χ1v) is 8.46. The quantitative estimate of drug-likeness (QED) is 0.811. The molecule has 0 bridgehead atoms. The number of nitrogens with one attached hydrogen (secondary N) is 1. The summed E-state index contributed by atoms with van der Waals surface area (Å²) in [7, 11) is 0. The summed E-state index contributed by atoms with van der Waals surface area (Å²) in [6.07, 6.45) is 3.65. The number of nitrogens with zero attached hydrogens (tertiary/aromatic N) is 1. The molecule has 134 valence electrons. The van der Waals surface area contributed by atoms with E-state index in [-0.39, 0.29) is 24.8 Å². The molecular weight excluding hydrogens is 343 g/mol. The second-order valence-electron chi connectivity index (χ2n) is 6.16. The normalized spacial score (nSPS) is 16.2. The lowest BCUT2D eigenvalue weighted by molar-refractivity contribution is 0.164. The van der Waals surface area contributed by atoms with Crippen molar-refractivity contribution in [1.29, 1.82) is 0 Å². The largest absolute Gasteiger partial charge is 0.507 e. The summed E-state index contributed by atoms with van der Waals surface area (Å²) >= 11 is 0. The summed E-state index contributed by atoms with van der Waals surface area (Å²) in [5.41, 5.74) is 1.36. The summed E-state index contributed by atoms with van der Waals surface area (Å²) in [6, 6.07) is 12.7. The number of hydrogen-bond donors (Lipinski definition) is 2. The smallest absolute Gasteiger partial charge is 0.123 e. The van der Waals surface area contributed by atoms with Gasteiger partial charge in [-0.2, -0.15) is 0 Å². The van der Waals surface area contributed by atoms with Gasteiger partial charge in [-0.25, -0.2) is 0 Å². The van der Waals surface area contributed by atoms with Gasteiger partial charge in [0, 0.05) is 37.6 Å². The van der Waals surface area contributed by atoms with E-state index in [1.54, 1.807) is 0 Å². The highest BCUT2D eigenvalue weighted by atomic mass is 35.5. The summed E-state index contributed by atoms with van der Waals surface area (Å²) in [5, 5.41) is 15.7. The molecule has 0 radical (unpaired) electrons. The van der Waals surface area contributed by atoms with Gasteiger partial charge in [0.1, 0.15) is 5.75 Å². The van der Waals surface area contributed by atoms with Crippen molar-refractivity contribution >= 4 is 35.6 Å². The summed E-state index contributed by atoms with van der Waals surface area (Å²) in [4.78, 5) is 2.60. The second kappa shape index (κ2) is 10.1. The van der Waals surface area contributed by atoms with Crippen LogP contribution in [-0.2, 0) is 0 Å². The lowest BCUT2D eigenvalue weighted by atomic mass is 9.93. The van der Waals surface area contributed by atoms with Crippen LogP contribution in [-0.4, -0.2) is 36.2 Å². The molecule has 1 atom stereocenters. The topological polar surface area (TPSA) is 35.5 Å². The number of hydrogen-bond acceptors (Lipinski definition) is 3. The number of unbranched alkanes of at least 4 members (excludes halogenated alkanes) is 1. The molecule has 1 heterocycles. The van der Waals surface area contributed by atoms with E-state index in [9.17, 15) is 5.11 Å². The van der Waals surface area contributed by atoms with Crippen LogP contribution in [0, 0.1) is 0 Å². The number of phenols is 1. The molecule has 0 amide bonds. The fourth-order valence-corrected chi connectivity index (χ4v) is 3.52. The van der Waals surface area contributed by atoms with Gasteiger partial charge in [-0.3, -0.25) is 4.90 Å². The fourth-order valence-electron chi connectivity index (χ4n) is 3.52. The highest BCUT2D eigenvalue weighted by Gasteiger charge is 2.23. The zero-order chi connectivity index (χ0) is 15.4. The van der Waals surface area contributed by atoms with Crippen LogP contribution in [0.5, 0.6) is 5.75 Å². The minimum Gasteiger partial charge on any atom is -0.507 e. The van der Waals surface area contributed by atoms with Crippen molar-refractivity contribution in [3.05, 3.63) is 42.0 Å². The number of phenolic OH excluding ortho intramolecular Hbond substituents is 1. The molecule has 1 aliphatic heterocycles. The molecule has 0 unspecified atom stereocenters. The van der Waals surface area contributed by atoms with Crippen molar-refractivity contribution in [3.8, 4) is 5.75 Å². The highest BCUT2D eigenvalue weighted by Crippen LogP contribution is 2.35. The molecule has 2 N–H and O–H groups in total. The third-order valence-corrected chi connectivity index (χ3v) is 4.72. The maximum absolute atomic E-state index is 10.1. The lowest BCUT2D eigenvalue weighted by Crippen LogP contribution is -2.45. The third-order valence-electron chi connectivity index (χ3n) is 4.72. The van der Waals surface area contributed by atoms with Crippen molar-refractivity contribution in [3.63, 3.8) is 0 Å². The molecule has 2 aromatic rings. The molecule has 1 saturated heterocycles. The lowest BCUT2D eigenvalue weighted by Gasteiger charge is -2.36. The first kappa shape index (κ1) is 21.0. The SMILES string of the molecule is CCCC[C@H](c1ccc(O)c2ccccc12)N1CCNCC1.Cl.Cl. The number of benzene rings is 2. The Bertz CT molecular complexity index is 630. The van der Waals surface area contributed by atoms with Gasteiger partial charge in [-0.05, 0) is 23.4 Å². The van der Waals surface area contributed by atoms with Gasteiger partial charge < -0.3 is 10.4 Å². The van der Waals surface area contributed by atoms with Crippen LogP contribution in [0.1, 0.15) is 37.8 Å². The zero-order valence-corrected chi connectivity index (χ0v) is 15.8. The monoisotopic (exact) mass is 370 g/mol. The van der Waals surface area contributed by atoms with Crippen molar-refractivity contribution in [2.45, 2.75) is 32.2 Å². The Morgan fingerprint density at radius 3 is 2.38 bits per heavy atom. The zero-order valence-electron chi connectivity index (χ0n) is 14.2. The summed E-state index contributed by atoms with van der Waals surface area (Å²) in [6.45, 7) is 6.59. The molecule has 1 fully saturated rings. The van der Waals surface area contributed by atoms with Gasteiger partial charge in [0.25, 0.3) is 0 Å². The molecule has 5 heteroatoms. The Labute approximate surface area is 157 Å². The van der Waals surface area contributed by atoms with E-state index in [1.807, 2.05) is 18.2 Å². The molecule has 0 saturated carbocycles. The van der Waals surface area contributed by atoms with E-state index in [1.165, 1.54) is 30.2 Å². The predicted molar refractivity (Wildman–Crippen MR) is 107 cm³/mol. The minimum absolute atomic E-state index is 0. The van der Waals surface area contributed by atoms with E-state index in [0.717, 1.165) is 31.6 Å². The van der Waals surface area contributed by atoms with Gasteiger partial charge in [0.05, 0.1) is 0 Å². The van der Waals surface area contributed by atoms with E-state index in [2.05, 4.69) is 35.3 Å². The predicted octanol–water partition coefficient (Wildman–Crippen LogP) is 4.53. The maximum Gasteiger partial charge on any atom is 0.123 e. The Balaban J connectivity index is 0.00000144. The average Bonchev–Trinajstić information content (AvgIpc) is 2.58. The van der Waals surface area contributed by atoms with Crippen LogP contribution in [0.4, 0.5) is 0 Å². The van der Waals surface area contributed by atoms with Crippen LogP contribution in [0.3, 0.4) is 0 Å². The van der Waals surface area contributed by atoms with Crippen LogP contribution >= 0.6 is 24.8 Å². The fraction of sp³-hybridized carbons (Fsp3) is 0.474. The van der Waals surface area contributed by atoms with Crippen LogP contribution in [0.15, 0.2) is 36.4 Å². The number of rotatable bonds is 5. The van der Waals surface area contributed by atoms with Crippen molar-refractivity contribution in [1.82, 2.24) is 10.2 Å². The van der Waals surface area contributed by atoms with Crippen LogP contribution in [0.2, 0.25) is 0 Å². The number of aromatic hydroxyl groups is 1. The van der Waals surface area contributed by atoms with Crippen LogP contribution < -0.4 is 5.32 Å². The van der Waals surface area contributed by atoms with E-state index < -0.39 is 0 Å². The molecule has 2 aromatic carbocycles. The molecule has 0 spiro atoms. The number of fused-ring (bicyclic) bond motifs is 1. The molecule has 3 rings (SSSR count). The Hall–Kier alpha value is -1.000. The number of halogens is 2. The van der Waals surface area contributed by atoms with Gasteiger partial charge in [0.2, 0.25) is 0 Å². The Morgan fingerprint density at radius 1 is 1.04 bits per heavy atom. The Kier molecular flexibility index (Phi) is 8.85. The van der Waals surface area contributed by atoms with Crippen molar-refractivity contribution < 1.29 is 5.11 Å². The van der Waals surface area contributed by atoms with E-state index >= 15 is 0 Å². The summed E-state index contributed by atoms with van der Waals surface area (Å²) < 4.78 is 0. The molecule has 0 aromatic heterocycles. The average molecular weight is 371 g/mol. The van der Waals surface area contributed by atoms with Crippen molar-refractivity contribution in [2.24, 2.45) is 0 Å². The Morgan fingerprint density at radius 2 is 1.71 bits per heavy atom. The molecule has 24 heavy (non-hydrogen) atoms. The van der Waals surface area contributed by atoms with Gasteiger partial charge >= 0.3 is 0 Å². The molecular formula is C19H28Cl2N2O. The third kappa shape index (κ3) is 4.54. The van der Waals surface area contributed by atoms with E-state index in [0.29, 0.717) is 11.8 Å². The van der Waals surface area contributed by atoms with Gasteiger partial charge in [-0.1, -0.05) is 50.1 Å². The standard InChI is InChI=1S/C19H26N2O.2ClH/c1-2-3-8-18(21-13-11-20-12-14-21)16-9-10-19(22)17-7-5-4-6-15(16)17;;/h4-7,9-10,18,20,22H,2-3,8,11-14H2,1H3;2*1H/t18-;;/m1../s1. The highest BCUT2D eigenvalue weighted by molar-refractivity contribution is 5.91. The first-order valence-electron chi connectivity index (χ1n) is 8.46. The van der Waals surface area contributed by atoms with Gasteiger partial charge in [-0.15, -0.1) is 24.8 Å². The van der Waals surface area contributed by atoms with Crippen LogP contribution in [0.25, 0.3) is 10.8 Å². The van der Waals surface area contributed by atoms with Crippen molar-refractivity contribution in [2.75, 3.05) is 26.2 Å². The maximum atomic E-state index is 10.1. The van der Waals surface area contributed by atoms with E-state index in [4.69, 9.17) is 0 Å². The molecule has 1 aliphatic rings. The number of piperazine rings is 1. The second-order valence-corrected chi connectivity index (χ2v) is 6.16. The summed E-state index contributed by atoms with van der Waals surface area (Å²) in [5.74, 6) is 0.383. The molecule has 0 aliphatic carbocycles. The molecule has 3 nitrogen and oxygen atoms in total. The first-order chi connectivity index (χ1) is 10.8. The minimum atomic E-state index is 0. The van der Waals surface area contributed by atoms with Gasteiger partial charge in [0.15, 0.2) is 0 Å².